The molecule has 0 aliphatic heterocycles. The van der Waals surface area contributed by atoms with Gasteiger partial charge in [-0.15, -0.1) is 0 Å². The minimum absolute atomic E-state index is 0.0144. The van der Waals surface area contributed by atoms with Gasteiger partial charge in [0.25, 0.3) is 0 Å². The van der Waals surface area contributed by atoms with E-state index in [0.717, 1.165) is 0 Å². The second-order valence-corrected chi connectivity index (χ2v) is 4.39. The van der Waals surface area contributed by atoms with Crippen molar-refractivity contribution >= 4 is 11.7 Å². The number of rotatable bonds is 8. The number of hydrogen-bond donors (Lipinski definition) is 4. The molecule has 5 N–H and O–H groups in total. The molecule has 0 aliphatic rings. The summed E-state index contributed by atoms with van der Waals surface area (Å²) >= 11 is 0. The van der Waals surface area contributed by atoms with Crippen molar-refractivity contribution in [3.05, 3.63) is 0 Å². The summed E-state index contributed by atoms with van der Waals surface area (Å²) in [6.45, 7) is 7.22. The average Bonchev–Trinajstić information content (AvgIpc) is 2.31. The first-order chi connectivity index (χ1) is 8.01. The van der Waals surface area contributed by atoms with Gasteiger partial charge in [0.05, 0.1) is 6.04 Å². The monoisotopic (exact) mass is 244 g/mol. The lowest BCUT2D eigenvalue weighted by Gasteiger charge is -2.15. The third-order valence-corrected chi connectivity index (χ3v) is 2.33. The van der Waals surface area contributed by atoms with Crippen LogP contribution in [-0.2, 0) is 4.79 Å². The summed E-state index contributed by atoms with van der Waals surface area (Å²) in [5.41, 5.74) is 5.48. The molecule has 100 valence electrons. The third-order valence-electron chi connectivity index (χ3n) is 2.33. The van der Waals surface area contributed by atoms with Crippen molar-refractivity contribution in [2.24, 2.45) is 16.8 Å². The minimum Gasteiger partial charge on any atom is -0.409 e. The normalized spacial score (nSPS) is 13.8. The van der Waals surface area contributed by atoms with Gasteiger partial charge in [-0.25, -0.2) is 0 Å². The summed E-state index contributed by atoms with van der Waals surface area (Å²) in [6.07, 6.45) is 1.10. The summed E-state index contributed by atoms with van der Waals surface area (Å²) in [5, 5.41) is 17.4. The quantitative estimate of drug-likeness (QED) is 0.213. The summed E-state index contributed by atoms with van der Waals surface area (Å²) in [7, 11) is 0. The van der Waals surface area contributed by atoms with Crippen LogP contribution in [-0.4, -0.2) is 36.1 Å². The average molecular weight is 244 g/mol. The van der Waals surface area contributed by atoms with E-state index in [1.807, 2.05) is 20.8 Å². The molecule has 1 atom stereocenters. The van der Waals surface area contributed by atoms with Gasteiger partial charge in [-0.2, -0.15) is 0 Å². The molecule has 0 fully saturated rings. The van der Waals surface area contributed by atoms with Gasteiger partial charge in [-0.1, -0.05) is 25.9 Å². The SMILES string of the molecule is CCC(NCCC(=O)NCC(C)C)C(N)=NO. The molecule has 0 heterocycles. The molecule has 0 rings (SSSR count). The number of nitrogens with zero attached hydrogens (tertiary/aromatic N) is 1. The highest BCUT2D eigenvalue weighted by Crippen LogP contribution is 1.92. The van der Waals surface area contributed by atoms with Crippen LogP contribution in [0.3, 0.4) is 0 Å². The Hall–Kier alpha value is -1.30. The van der Waals surface area contributed by atoms with E-state index in [2.05, 4.69) is 15.8 Å². The number of carbonyl (C=O) groups excluding carboxylic acids is 1. The van der Waals surface area contributed by atoms with Crippen LogP contribution < -0.4 is 16.4 Å². The molecule has 0 radical (unpaired) electrons. The maximum absolute atomic E-state index is 11.4. The van der Waals surface area contributed by atoms with Gasteiger partial charge in [-0.3, -0.25) is 4.79 Å². The molecule has 1 amide bonds. The number of carbonyl (C=O) groups is 1. The topological polar surface area (TPSA) is 99.7 Å². The van der Waals surface area contributed by atoms with Gasteiger partial charge in [0.2, 0.25) is 5.91 Å². The summed E-state index contributed by atoms with van der Waals surface area (Å²) in [4.78, 5) is 11.4. The number of amidine groups is 1. The van der Waals surface area contributed by atoms with E-state index in [4.69, 9.17) is 10.9 Å². The highest BCUT2D eigenvalue weighted by molar-refractivity contribution is 5.85. The third kappa shape index (κ3) is 7.57. The summed E-state index contributed by atoms with van der Waals surface area (Å²) in [6, 6.07) is -0.183. The lowest BCUT2D eigenvalue weighted by Crippen LogP contribution is -2.42. The van der Waals surface area contributed by atoms with Gasteiger partial charge >= 0.3 is 0 Å². The van der Waals surface area contributed by atoms with Crippen molar-refractivity contribution in [3.63, 3.8) is 0 Å². The van der Waals surface area contributed by atoms with Gasteiger partial charge < -0.3 is 21.6 Å². The molecule has 0 aromatic heterocycles. The van der Waals surface area contributed by atoms with Crippen LogP contribution in [0, 0.1) is 5.92 Å². The largest absolute Gasteiger partial charge is 0.409 e. The Morgan fingerprint density at radius 3 is 2.59 bits per heavy atom. The lowest BCUT2D eigenvalue weighted by atomic mass is 10.2. The molecule has 0 aromatic carbocycles. The van der Waals surface area contributed by atoms with Gasteiger partial charge in [0.15, 0.2) is 5.84 Å². The fraction of sp³-hybridized carbons (Fsp3) is 0.818. The molecule has 1 unspecified atom stereocenters. The predicted molar refractivity (Wildman–Crippen MR) is 68.0 cm³/mol. The maximum atomic E-state index is 11.4. The molecule has 0 spiro atoms. The fourth-order valence-corrected chi connectivity index (χ4v) is 1.29. The number of nitrogens with two attached hydrogens (primary N) is 1. The van der Waals surface area contributed by atoms with Crippen molar-refractivity contribution in [1.82, 2.24) is 10.6 Å². The molecule has 17 heavy (non-hydrogen) atoms. The van der Waals surface area contributed by atoms with E-state index in [1.54, 1.807) is 0 Å². The smallest absolute Gasteiger partial charge is 0.221 e. The van der Waals surface area contributed by atoms with Gasteiger partial charge in [-0.05, 0) is 12.3 Å². The van der Waals surface area contributed by atoms with Crippen LogP contribution >= 0.6 is 0 Å². The number of nitrogens with one attached hydrogen (secondary N) is 2. The van der Waals surface area contributed by atoms with Crippen molar-refractivity contribution in [3.8, 4) is 0 Å². The molecule has 6 nitrogen and oxygen atoms in total. The Morgan fingerprint density at radius 1 is 1.47 bits per heavy atom. The summed E-state index contributed by atoms with van der Waals surface area (Å²) < 4.78 is 0. The van der Waals surface area contributed by atoms with Gasteiger partial charge in [0, 0.05) is 19.5 Å². The maximum Gasteiger partial charge on any atom is 0.221 e. The van der Waals surface area contributed by atoms with Crippen LogP contribution in [0.1, 0.15) is 33.6 Å². The molecule has 0 saturated heterocycles. The Labute approximate surface area is 103 Å². The zero-order valence-corrected chi connectivity index (χ0v) is 10.9. The van der Waals surface area contributed by atoms with E-state index >= 15 is 0 Å². The van der Waals surface area contributed by atoms with Crippen LogP contribution in [0.4, 0.5) is 0 Å². The fourth-order valence-electron chi connectivity index (χ4n) is 1.29. The van der Waals surface area contributed by atoms with E-state index in [1.165, 1.54) is 0 Å². The van der Waals surface area contributed by atoms with Crippen LogP contribution in [0.15, 0.2) is 5.16 Å². The molecular weight excluding hydrogens is 220 g/mol. The Kier molecular flexibility index (Phi) is 8.13. The number of amides is 1. The van der Waals surface area contributed by atoms with E-state index in [9.17, 15) is 4.79 Å². The highest BCUT2D eigenvalue weighted by atomic mass is 16.4. The van der Waals surface area contributed by atoms with Crippen molar-refractivity contribution in [2.75, 3.05) is 13.1 Å². The van der Waals surface area contributed by atoms with E-state index in [-0.39, 0.29) is 17.8 Å². The summed E-state index contributed by atoms with van der Waals surface area (Å²) in [5.74, 6) is 0.614. The Balaban J connectivity index is 3.78. The van der Waals surface area contributed by atoms with Crippen LogP contribution in [0.2, 0.25) is 0 Å². The zero-order valence-electron chi connectivity index (χ0n) is 10.9. The molecule has 6 heteroatoms. The first-order valence-electron chi connectivity index (χ1n) is 5.98. The predicted octanol–water partition coefficient (Wildman–Crippen LogP) is 0.263. The van der Waals surface area contributed by atoms with Crippen molar-refractivity contribution in [1.29, 1.82) is 0 Å². The van der Waals surface area contributed by atoms with Gasteiger partial charge in [0.1, 0.15) is 0 Å². The first kappa shape index (κ1) is 15.7. The molecule has 0 saturated carbocycles. The standard InChI is InChI=1S/C11H24N4O2/c1-4-9(11(12)15-17)13-6-5-10(16)14-7-8(2)3/h8-9,13,17H,4-7H2,1-3H3,(H2,12,15)(H,14,16). The first-order valence-corrected chi connectivity index (χ1v) is 5.98. The Morgan fingerprint density at radius 2 is 2.12 bits per heavy atom. The van der Waals surface area contributed by atoms with E-state index in [0.29, 0.717) is 31.8 Å². The minimum atomic E-state index is -0.183. The van der Waals surface area contributed by atoms with Crippen molar-refractivity contribution < 1.29 is 10.0 Å². The highest BCUT2D eigenvalue weighted by Gasteiger charge is 2.11. The van der Waals surface area contributed by atoms with Crippen LogP contribution in [0.5, 0.6) is 0 Å². The molecular formula is C11H24N4O2. The number of hydrogen-bond acceptors (Lipinski definition) is 4. The second-order valence-electron chi connectivity index (χ2n) is 4.39. The number of oxime groups is 1. The van der Waals surface area contributed by atoms with E-state index < -0.39 is 0 Å². The van der Waals surface area contributed by atoms with Crippen molar-refractivity contribution in [2.45, 2.75) is 39.7 Å². The zero-order chi connectivity index (χ0) is 13.3. The molecule has 0 aromatic rings. The molecule has 0 aliphatic carbocycles. The lowest BCUT2D eigenvalue weighted by molar-refractivity contribution is -0.121. The van der Waals surface area contributed by atoms with Crippen LogP contribution in [0.25, 0.3) is 0 Å². The Bertz CT molecular complexity index is 254. The second kappa shape index (κ2) is 8.81. The molecule has 0 bridgehead atoms.